The van der Waals surface area contributed by atoms with Crippen molar-refractivity contribution < 1.29 is 9.84 Å². The van der Waals surface area contributed by atoms with Crippen LogP contribution in [0.15, 0.2) is 12.1 Å². The van der Waals surface area contributed by atoms with Crippen LogP contribution in [0.1, 0.15) is 18.1 Å². The largest absolute Gasteiger partial charge is 0.495 e. The van der Waals surface area contributed by atoms with Crippen molar-refractivity contribution in [1.82, 2.24) is 0 Å². The summed E-state index contributed by atoms with van der Waals surface area (Å²) in [5.74, 6) is 0.660. The molecular formula is C11H15ClO2. The smallest absolute Gasteiger partial charge is 0.137 e. The highest BCUT2D eigenvalue weighted by atomic mass is 35.5. The number of aliphatic hydroxyl groups excluding tert-OH is 1. The number of aryl methyl sites for hydroxylation is 1. The van der Waals surface area contributed by atoms with Gasteiger partial charge in [0.05, 0.1) is 18.2 Å². The Balaban J connectivity index is 3.11. The van der Waals surface area contributed by atoms with Crippen molar-refractivity contribution in [2.24, 2.45) is 0 Å². The fourth-order valence-corrected chi connectivity index (χ4v) is 1.77. The lowest BCUT2D eigenvalue weighted by Crippen LogP contribution is -2.06. The third kappa shape index (κ3) is 2.40. The van der Waals surface area contributed by atoms with E-state index in [4.69, 9.17) is 16.3 Å². The zero-order valence-electron chi connectivity index (χ0n) is 8.67. The van der Waals surface area contributed by atoms with Gasteiger partial charge >= 0.3 is 0 Å². The van der Waals surface area contributed by atoms with Crippen LogP contribution >= 0.6 is 11.6 Å². The van der Waals surface area contributed by atoms with Crippen LogP contribution in [0.25, 0.3) is 0 Å². The van der Waals surface area contributed by atoms with Crippen molar-refractivity contribution in [2.75, 3.05) is 7.11 Å². The van der Waals surface area contributed by atoms with Crippen LogP contribution in [0, 0.1) is 6.92 Å². The van der Waals surface area contributed by atoms with Crippen LogP contribution in [-0.4, -0.2) is 18.3 Å². The van der Waals surface area contributed by atoms with Gasteiger partial charge in [-0.15, -0.1) is 0 Å². The van der Waals surface area contributed by atoms with E-state index < -0.39 is 6.10 Å². The van der Waals surface area contributed by atoms with E-state index in [1.54, 1.807) is 14.0 Å². The minimum atomic E-state index is -0.390. The summed E-state index contributed by atoms with van der Waals surface area (Å²) in [5.41, 5.74) is 2.04. The van der Waals surface area contributed by atoms with Crippen LogP contribution in [0.3, 0.4) is 0 Å². The van der Waals surface area contributed by atoms with Gasteiger partial charge in [0, 0.05) is 0 Å². The minimum Gasteiger partial charge on any atom is -0.495 e. The molecule has 0 aliphatic rings. The Kier molecular flexibility index (Phi) is 3.78. The van der Waals surface area contributed by atoms with E-state index in [1.165, 1.54) is 0 Å². The average Bonchev–Trinajstić information content (AvgIpc) is 2.12. The second-order valence-corrected chi connectivity index (χ2v) is 3.81. The molecule has 1 aromatic carbocycles. The molecule has 0 fully saturated rings. The van der Waals surface area contributed by atoms with E-state index in [-0.39, 0.29) is 0 Å². The number of hydrogen-bond acceptors (Lipinski definition) is 2. The molecule has 14 heavy (non-hydrogen) atoms. The molecule has 1 rings (SSSR count). The molecule has 0 aliphatic carbocycles. The summed E-state index contributed by atoms with van der Waals surface area (Å²) < 4.78 is 5.11. The van der Waals surface area contributed by atoms with Gasteiger partial charge in [0.25, 0.3) is 0 Å². The van der Waals surface area contributed by atoms with Crippen molar-refractivity contribution in [2.45, 2.75) is 26.4 Å². The van der Waals surface area contributed by atoms with Crippen LogP contribution in [-0.2, 0) is 6.42 Å². The molecule has 78 valence electrons. The van der Waals surface area contributed by atoms with Crippen LogP contribution in [0.2, 0.25) is 5.02 Å². The zero-order chi connectivity index (χ0) is 10.7. The first-order chi connectivity index (χ1) is 6.56. The third-order valence-electron chi connectivity index (χ3n) is 2.16. The first kappa shape index (κ1) is 11.3. The Morgan fingerprint density at radius 1 is 1.50 bits per heavy atom. The van der Waals surface area contributed by atoms with Crippen molar-refractivity contribution in [3.63, 3.8) is 0 Å². The lowest BCUT2D eigenvalue weighted by molar-refractivity contribution is 0.195. The minimum absolute atomic E-state index is 0.390. The number of halogens is 1. The summed E-state index contributed by atoms with van der Waals surface area (Å²) >= 11 is 6.12. The summed E-state index contributed by atoms with van der Waals surface area (Å²) in [6.45, 7) is 3.72. The van der Waals surface area contributed by atoms with Crippen molar-refractivity contribution in [1.29, 1.82) is 0 Å². The zero-order valence-corrected chi connectivity index (χ0v) is 9.43. The van der Waals surface area contributed by atoms with E-state index in [1.807, 2.05) is 19.1 Å². The third-order valence-corrected chi connectivity index (χ3v) is 2.58. The van der Waals surface area contributed by atoms with E-state index >= 15 is 0 Å². The summed E-state index contributed by atoms with van der Waals surface area (Å²) in [6.07, 6.45) is 0.167. The lowest BCUT2D eigenvalue weighted by atomic mass is 10.0. The average molecular weight is 215 g/mol. The molecule has 2 nitrogen and oxygen atoms in total. The summed E-state index contributed by atoms with van der Waals surface area (Å²) in [7, 11) is 1.59. The van der Waals surface area contributed by atoms with Gasteiger partial charge in [-0.1, -0.05) is 17.7 Å². The SMILES string of the molecule is COc1ccc(C)c(CC(C)O)c1Cl. The maximum absolute atomic E-state index is 9.32. The summed E-state index contributed by atoms with van der Waals surface area (Å²) in [5, 5.41) is 9.92. The molecule has 0 radical (unpaired) electrons. The summed E-state index contributed by atoms with van der Waals surface area (Å²) in [4.78, 5) is 0. The van der Waals surface area contributed by atoms with E-state index in [2.05, 4.69) is 0 Å². The number of aliphatic hydroxyl groups is 1. The van der Waals surface area contributed by atoms with Gasteiger partial charge in [-0.25, -0.2) is 0 Å². The van der Waals surface area contributed by atoms with E-state index in [9.17, 15) is 5.11 Å². The molecule has 1 aromatic rings. The Hall–Kier alpha value is -0.730. The molecular weight excluding hydrogens is 200 g/mol. The molecule has 0 bridgehead atoms. The maximum atomic E-state index is 9.32. The molecule has 0 saturated heterocycles. The second-order valence-electron chi connectivity index (χ2n) is 3.43. The Morgan fingerprint density at radius 3 is 2.64 bits per heavy atom. The molecule has 0 saturated carbocycles. The van der Waals surface area contributed by atoms with E-state index in [0.717, 1.165) is 11.1 Å². The highest BCUT2D eigenvalue weighted by Gasteiger charge is 2.11. The Morgan fingerprint density at radius 2 is 2.14 bits per heavy atom. The molecule has 3 heteroatoms. The molecule has 1 N–H and O–H groups in total. The van der Waals surface area contributed by atoms with Gasteiger partial charge in [-0.2, -0.15) is 0 Å². The van der Waals surface area contributed by atoms with Crippen molar-refractivity contribution >= 4 is 11.6 Å². The van der Waals surface area contributed by atoms with E-state index in [0.29, 0.717) is 17.2 Å². The van der Waals surface area contributed by atoms with Gasteiger partial charge in [0.2, 0.25) is 0 Å². The second kappa shape index (κ2) is 4.67. The summed E-state index contributed by atoms with van der Waals surface area (Å²) in [6, 6.07) is 3.78. The fraction of sp³-hybridized carbons (Fsp3) is 0.455. The quantitative estimate of drug-likeness (QED) is 0.838. The topological polar surface area (TPSA) is 29.5 Å². The molecule has 0 aliphatic heterocycles. The number of ether oxygens (including phenoxy) is 1. The van der Waals surface area contributed by atoms with Gasteiger partial charge in [-0.05, 0) is 37.5 Å². The van der Waals surface area contributed by atoms with Crippen LogP contribution in [0.5, 0.6) is 5.75 Å². The first-order valence-corrected chi connectivity index (χ1v) is 4.94. The lowest BCUT2D eigenvalue weighted by Gasteiger charge is -2.13. The Bertz CT molecular complexity index is 321. The number of hydrogen-bond donors (Lipinski definition) is 1. The normalized spacial score (nSPS) is 12.6. The number of methoxy groups -OCH3 is 1. The molecule has 1 atom stereocenters. The standard InChI is InChI=1S/C11H15ClO2/c1-7-4-5-10(14-3)11(12)9(7)6-8(2)13/h4-5,8,13H,6H2,1-3H3. The maximum Gasteiger partial charge on any atom is 0.137 e. The Labute approximate surface area is 89.5 Å². The highest BCUT2D eigenvalue weighted by Crippen LogP contribution is 2.31. The molecule has 0 spiro atoms. The molecule has 0 amide bonds. The van der Waals surface area contributed by atoms with Crippen LogP contribution in [0.4, 0.5) is 0 Å². The van der Waals surface area contributed by atoms with Gasteiger partial charge < -0.3 is 9.84 Å². The molecule has 1 unspecified atom stereocenters. The van der Waals surface area contributed by atoms with Crippen molar-refractivity contribution in [3.8, 4) is 5.75 Å². The molecule has 0 heterocycles. The van der Waals surface area contributed by atoms with Crippen molar-refractivity contribution in [3.05, 3.63) is 28.3 Å². The first-order valence-electron chi connectivity index (χ1n) is 4.56. The van der Waals surface area contributed by atoms with Gasteiger partial charge in [0.15, 0.2) is 0 Å². The highest BCUT2D eigenvalue weighted by molar-refractivity contribution is 6.33. The number of benzene rings is 1. The van der Waals surface area contributed by atoms with Gasteiger partial charge in [0.1, 0.15) is 5.75 Å². The predicted molar refractivity (Wildman–Crippen MR) is 58.1 cm³/mol. The predicted octanol–water partition coefficient (Wildman–Crippen LogP) is 2.58. The van der Waals surface area contributed by atoms with Crippen LogP contribution < -0.4 is 4.74 Å². The molecule has 0 aromatic heterocycles. The monoisotopic (exact) mass is 214 g/mol. The van der Waals surface area contributed by atoms with Gasteiger partial charge in [-0.3, -0.25) is 0 Å². The fourth-order valence-electron chi connectivity index (χ4n) is 1.40. The number of rotatable bonds is 3.